The van der Waals surface area contributed by atoms with Gasteiger partial charge >= 0.3 is 0 Å². The minimum Gasteiger partial charge on any atom is -0.545 e. The van der Waals surface area contributed by atoms with Crippen molar-refractivity contribution in [1.82, 2.24) is 0 Å². The number of carboxylic acids is 1. The third kappa shape index (κ3) is 6.40. The van der Waals surface area contributed by atoms with Gasteiger partial charge in [0.05, 0.1) is 32.7 Å². The average molecular weight is 251 g/mol. The molecule has 0 aromatic heterocycles. The topological polar surface area (TPSA) is 40.1 Å². The molecule has 0 N–H and O–H groups in total. The summed E-state index contributed by atoms with van der Waals surface area (Å²) in [5.74, 6) is -1.13. The van der Waals surface area contributed by atoms with Gasteiger partial charge in [0.25, 0.3) is 0 Å². The fraction of sp³-hybridized carbons (Fsp3) is 0.533. The average Bonchev–Trinajstić information content (AvgIpc) is 2.40. The number of hydrogen-bond donors (Lipinski definition) is 0. The molecule has 0 aliphatic carbocycles. The predicted octanol–water partition coefficient (Wildman–Crippen LogP) is 1.93. The van der Waals surface area contributed by atoms with E-state index in [1.165, 1.54) is 42.7 Å². The minimum absolute atomic E-state index is 0.220. The molecule has 1 aromatic rings. The van der Waals surface area contributed by atoms with Crippen LogP contribution < -0.4 is 5.11 Å². The molecule has 0 aliphatic rings. The molecule has 3 nitrogen and oxygen atoms in total. The van der Waals surface area contributed by atoms with Gasteiger partial charge in [-0.25, -0.2) is 0 Å². The van der Waals surface area contributed by atoms with Crippen LogP contribution in [0.1, 0.15) is 37.6 Å². The van der Waals surface area contributed by atoms with E-state index in [9.17, 15) is 9.90 Å². The van der Waals surface area contributed by atoms with Crippen molar-refractivity contribution in [2.75, 3.05) is 26.7 Å². The van der Waals surface area contributed by atoms with Crippen LogP contribution in [0.25, 0.3) is 0 Å². The second kappa shape index (κ2) is 8.70. The van der Waals surface area contributed by atoms with Crippen LogP contribution in [0.3, 0.4) is 0 Å². The number of aromatic carboxylic acids is 1. The first-order valence-corrected chi connectivity index (χ1v) is 6.59. The van der Waals surface area contributed by atoms with Gasteiger partial charge in [-0.15, -0.1) is 0 Å². The summed E-state index contributed by atoms with van der Waals surface area (Å²) in [6.07, 6.45) is 1.30. The smallest absolute Gasteiger partial charge is 0.0781 e. The van der Waals surface area contributed by atoms with E-state index in [2.05, 4.69) is 27.8 Å². The summed E-state index contributed by atoms with van der Waals surface area (Å²) < 4.78 is 1.23. The number of benzene rings is 1. The van der Waals surface area contributed by atoms with Gasteiger partial charge in [-0.05, 0) is 25.8 Å². The first kappa shape index (κ1) is 16.6. The maximum absolute atomic E-state index is 10.1. The van der Waals surface area contributed by atoms with Crippen molar-refractivity contribution >= 4 is 5.97 Å². The van der Waals surface area contributed by atoms with Gasteiger partial charge in [-0.3, -0.25) is 0 Å². The van der Waals surface area contributed by atoms with E-state index in [4.69, 9.17) is 0 Å². The first-order chi connectivity index (χ1) is 8.49. The quantitative estimate of drug-likeness (QED) is 0.750. The van der Waals surface area contributed by atoms with E-state index in [1.807, 2.05) is 0 Å². The van der Waals surface area contributed by atoms with E-state index in [1.54, 1.807) is 18.2 Å². The molecule has 0 saturated heterocycles. The molecule has 18 heavy (non-hydrogen) atoms. The largest absolute Gasteiger partial charge is 0.545 e. The molecular weight excluding hydrogens is 226 g/mol. The number of carboxylic acid groups (broad SMARTS) is 1. The molecule has 102 valence electrons. The Bertz CT molecular complexity index is 332. The van der Waals surface area contributed by atoms with Gasteiger partial charge in [0.1, 0.15) is 0 Å². The van der Waals surface area contributed by atoms with Crippen LogP contribution in [0.4, 0.5) is 0 Å². The zero-order valence-corrected chi connectivity index (χ0v) is 12.0. The highest BCUT2D eigenvalue weighted by atomic mass is 16.4. The zero-order valence-electron chi connectivity index (χ0n) is 12.0. The van der Waals surface area contributed by atoms with Crippen LogP contribution in [0.2, 0.25) is 0 Å². The van der Waals surface area contributed by atoms with Crippen LogP contribution >= 0.6 is 0 Å². The Morgan fingerprint density at radius 1 is 1.11 bits per heavy atom. The van der Waals surface area contributed by atoms with Gasteiger partial charge in [0.15, 0.2) is 0 Å². The highest BCUT2D eigenvalue weighted by Gasteiger charge is 2.13. The molecule has 0 saturated carbocycles. The summed E-state index contributed by atoms with van der Waals surface area (Å²) in [6.45, 7) is 10.6. The van der Waals surface area contributed by atoms with Crippen molar-refractivity contribution in [3.05, 3.63) is 35.9 Å². The number of quaternary nitrogens is 1. The number of carbonyl (C=O) groups excluding carboxylic acids is 1. The minimum atomic E-state index is -1.13. The lowest BCUT2D eigenvalue weighted by Crippen LogP contribution is -2.43. The lowest BCUT2D eigenvalue weighted by atomic mass is 10.2. The van der Waals surface area contributed by atoms with E-state index >= 15 is 0 Å². The Morgan fingerprint density at radius 2 is 1.61 bits per heavy atom. The lowest BCUT2D eigenvalue weighted by Gasteiger charge is -2.31. The maximum Gasteiger partial charge on any atom is 0.0781 e. The molecule has 3 heteroatoms. The molecule has 0 fully saturated rings. The van der Waals surface area contributed by atoms with E-state index in [0.29, 0.717) is 0 Å². The summed E-state index contributed by atoms with van der Waals surface area (Å²) in [7, 11) is 2.32. The van der Waals surface area contributed by atoms with Crippen molar-refractivity contribution in [1.29, 1.82) is 0 Å². The molecule has 0 aliphatic heterocycles. The molecule has 0 atom stereocenters. The summed E-state index contributed by atoms with van der Waals surface area (Å²) >= 11 is 0. The van der Waals surface area contributed by atoms with E-state index < -0.39 is 5.97 Å². The molecule has 0 heterocycles. The van der Waals surface area contributed by atoms with Gasteiger partial charge in [0, 0.05) is 0 Å². The molecular formula is C15H25NO2. The predicted molar refractivity (Wildman–Crippen MR) is 73.2 cm³/mol. The molecule has 0 bridgehead atoms. The third-order valence-corrected chi connectivity index (χ3v) is 3.30. The van der Waals surface area contributed by atoms with E-state index in [-0.39, 0.29) is 5.56 Å². The monoisotopic (exact) mass is 251 g/mol. The summed E-state index contributed by atoms with van der Waals surface area (Å²) in [5, 5.41) is 10.1. The highest BCUT2D eigenvalue weighted by Crippen LogP contribution is 2.01. The summed E-state index contributed by atoms with van der Waals surface area (Å²) in [5.41, 5.74) is 0.220. The molecule has 1 rings (SSSR count). The Hall–Kier alpha value is -1.35. The van der Waals surface area contributed by atoms with Crippen LogP contribution in [0, 0.1) is 0 Å². The fourth-order valence-electron chi connectivity index (χ4n) is 1.65. The molecule has 1 aromatic carbocycles. The Balaban J connectivity index is 0.000000321. The maximum atomic E-state index is 10.1. The van der Waals surface area contributed by atoms with Crippen LogP contribution in [0.15, 0.2) is 30.3 Å². The highest BCUT2D eigenvalue weighted by molar-refractivity contribution is 5.85. The summed E-state index contributed by atoms with van der Waals surface area (Å²) in [6, 6.07) is 8.06. The third-order valence-electron chi connectivity index (χ3n) is 3.30. The lowest BCUT2D eigenvalue weighted by molar-refractivity contribution is -0.906. The Kier molecular flexibility index (Phi) is 8.05. The van der Waals surface area contributed by atoms with Crippen molar-refractivity contribution < 1.29 is 14.4 Å². The zero-order chi connectivity index (χ0) is 14.0. The van der Waals surface area contributed by atoms with Crippen molar-refractivity contribution in [3.63, 3.8) is 0 Å². The van der Waals surface area contributed by atoms with Gasteiger partial charge < -0.3 is 14.4 Å². The van der Waals surface area contributed by atoms with Crippen LogP contribution in [-0.2, 0) is 0 Å². The second-order valence-corrected chi connectivity index (χ2v) is 4.63. The van der Waals surface area contributed by atoms with Crippen LogP contribution in [-0.4, -0.2) is 37.1 Å². The number of hydrogen-bond acceptors (Lipinski definition) is 2. The molecule has 0 radical (unpaired) electrons. The van der Waals surface area contributed by atoms with Gasteiger partial charge in [-0.2, -0.15) is 0 Å². The Labute approximate surface area is 111 Å². The number of carbonyl (C=O) groups is 1. The molecule has 0 unspecified atom stereocenters. The molecule has 0 spiro atoms. The van der Waals surface area contributed by atoms with Gasteiger partial charge in [0.2, 0.25) is 0 Å². The number of nitrogens with zero attached hydrogens (tertiary/aromatic N) is 1. The first-order valence-electron chi connectivity index (χ1n) is 6.59. The summed E-state index contributed by atoms with van der Waals surface area (Å²) in [4.78, 5) is 10.1. The fourth-order valence-corrected chi connectivity index (χ4v) is 1.65. The van der Waals surface area contributed by atoms with Gasteiger partial charge in [-0.1, -0.05) is 37.3 Å². The SMILES string of the molecule is CCC[N+](C)(CC)CC.O=C([O-])c1ccccc1. The van der Waals surface area contributed by atoms with Crippen molar-refractivity contribution in [2.24, 2.45) is 0 Å². The molecule has 0 amide bonds. The Morgan fingerprint density at radius 3 is 1.83 bits per heavy atom. The van der Waals surface area contributed by atoms with E-state index in [0.717, 1.165) is 0 Å². The van der Waals surface area contributed by atoms with Crippen LogP contribution in [0.5, 0.6) is 0 Å². The number of rotatable bonds is 5. The normalized spacial score (nSPS) is 10.4. The standard InChI is InChI=1S/C8H20N.C7H6O2/c1-5-8-9(4,6-2)7-3;8-7(9)6-4-2-1-3-5-6/h5-8H2,1-4H3;1-5H,(H,8,9)/q+1;/p-1. The van der Waals surface area contributed by atoms with Crippen molar-refractivity contribution in [3.8, 4) is 0 Å². The van der Waals surface area contributed by atoms with Crippen molar-refractivity contribution in [2.45, 2.75) is 27.2 Å². The second-order valence-electron chi connectivity index (χ2n) is 4.63.